The molecule has 0 radical (unpaired) electrons. The highest BCUT2D eigenvalue weighted by molar-refractivity contribution is 8.76. The minimum Gasteiger partial charge on any atom is -0.266 e. The van der Waals surface area contributed by atoms with Gasteiger partial charge in [-0.3, -0.25) is 4.18 Å². The molecule has 0 aliphatic heterocycles. The molecule has 0 aliphatic rings. The highest BCUT2D eigenvalue weighted by Crippen LogP contribution is 2.37. The van der Waals surface area contributed by atoms with Crippen LogP contribution in [0.3, 0.4) is 0 Å². The van der Waals surface area contributed by atoms with Crippen LogP contribution in [0.1, 0.15) is 32.3 Å². The van der Waals surface area contributed by atoms with E-state index >= 15 is 0 Å². The highest BCUT2D eigenvalue weighted by atomic mass is 33.1. The van der Waals surface area contributed by atoms with Crippen molar-refractivity contribution in [3.63, 3.8) is 0 Å². The van der Waals surface area contributed by atoms with Crippen LogP contribution in [0.2, 0.25) is 0 Å². The molecule has 0 amide bonds. The molecular formula is C14H22O3S3. The quantitative estimate of drug-likeness (QED) is 0.403. The van der Waals surface area contributed by atoms with E-state index in [0.29, 0.717) is 0 Å². The molecule has 0 saturated heterocycles. The molecule has 0 aliphatic carbocycles. The molecule has 1 aromatic carbocycles. The average Bonchev–Trinajstić information content (AvgIpc) is 2.35. The number of rotatable bonds is 8. The van der Waals surface area contributed by atoms with Crippen molar-refractivity contribution in [2.45, 2.75) is 43.3 Å². The van der Waals surface area contributed by atoms with Crippen molar-refractivity contribution in [3.05, 3.63) is 29.8 Å². The molecule has 0 fully saturated rings. The largest absolute Gasteiger partial charge is 0.296 e. The first kappa shape index (κ1) is 17.9. The van der Waals surface area contributed by atoms with Crippen molar-refractivity contribution in [2.75, 3.05) is 12.9 Å². The molecule has 0 atom stereocenters. The zero-order valence-electron chi connectivity index (χ0n) is 12.4. The van der Waals surface area contributed by atoms with E-state index < -0.39 is 10.1 Å². The Labute approximate surface area is 130 Å². The van der Waals surface area contributed by atoms with Crippen molar-refractivity contribution in [2.24, 2.45) is 0 Å². The minimum atomic E-state index is -3.62. The van der Waals surface area contributed by atoms with Crippen LogP contribution in [0, 0.1) is 6.92 Å². The van der Waals surface area contributed by atoms with Crippen LogP contribution in [0.15, 0.2) is 29.2 Å². The molecule has 20 heavy (non-hydrogen) atoms. The monoisotopic (exact) mass is 334 g/mol. The van der Waals surface area contributed by atoms with E-state index in [1.54, 1.807) is 45.9 Å². The number of aryl methyl sites for hydroxylation is 1. The summed E-state index contributed by atoms with van der Waals surface area (Å²) in [6, 6.07) is 6.71. The summed E-state index contributed by atoms with van der Waals surface area (Å²) >= 11 is 0. The molecule has 1 aromatic rings. The predicted octanol–water partition coefficient (Wildman–Crippen LogP) is 4.27. The maximum Gasteiger partial charge on any atom is 0.296 e. The molecular weight excluding hydrogens is 312 g/mol. The third-order valence-electron chi connectivity index (χ3n) is 2.78. The van der Waals surface area contributed by atoms with Gasteiger partial charge in [0, 0.05) is 4.75 Å². The molecule has 3 nitrogen and oxygen atoms in total. The standard InChI is InChI=1S/C14H22O3S3/c1-12-6-8-13(9-7-12)20(15,16)17-11-5-10-14(2,3)19-18-4/h6-9H,5,10-11H2,1-4H3. The SMILES string of the molecule is CSSC(C)(C)CCCOS(=O)(=O)c1ccc(C)cc1. The van der Waals surface area contributed by atoms with Gasteiger partial charge in [0.25, 0.3) is 10.1 Å². The van der Waals surface area contributed by atoms with Gasteiger partial charge in [0.1, 0.15) is 0 Å². The van der Waals surface area contributed by atoms with Gasteiger partial charge < -0.3 is 0 Å². The van der Waals surface area contributed by atoms with E-state index in [1.807, 2.05) is 13.2 Å². The van der Waals surface area contributed by atoms with Crippen LogP contribution in [0.25, 0.3) is 0 Å². The Hall–Kier alpha value is -0.170. The second-order valence-corrected chi connectivity index (χ2v) is 9.92. The van der Waals surface area contributed by atoms with Gasteiger partial charge in [0.05, 0.1) is 11.5 Å². The molecule has 0 spiro atoms. The fourth-order valence-electron chi connectivity index (χ4n) is 1.71. The van der Waals surface area contributed by atoms with E-state index in [2.05, 4.69) is 13.8 Å². The van der Waals surface area contributed by atoms with Gasteiger partial charge in [-0.05, 0) is 52.0 Å². The Morgan fingerprint density at radius 1 is 1.20 bits per heavy atom. The minimum absolute atomic E-state index is 0.135. The van der Waals surface area contributed by atoms with Crippen LogP contribution in [0.5, 0.6) is 0 Å². The fourth-order valence-corrected chi connectivity index (χ4v) is 4.93. The van der Waals surface area contributed by atoms with Crippen molar-refractivity contribution in [3.8, 4) is 0 Å². The Morgan fingerprint density at radius 3 is 2.35 bits per heavy atom. The molecule has 0 heterocycles. The van der Waals surface area contributed by atoms with Gasteiger partial charge in [-0.1, -0.05) is 39.3 Å². The topological polar surface area (TPSA) is 43.4 Å². The van der Waals surface area contributed by atoms with E-state index in [0.717, 1.165) is 18.4 Å². The molecule has 114 valence electrons. The third kappa shape index (κ3) is 6.08. The van der Waals surface area contributed by atoms with Crippen molar-refractivity contribution < 1.29 is 12.6 Å². The lowest BCUT2D eigenvalue weighted by molar-refractivity contribution is 0.303. The fraction of sp³-hybridized carbons (Fsp3) is 0.571. The first-order valence-electron chi connectivity index (χ1n) is 6.45. The molecule has 6 heteroatoms. The van der Waals surface area contributed by atoms with Gasteiger partial charge in [0.15, 0.2) is 0 Å². The summed E-state index contributed by atoms with van der Waals surface area (Å²) in [5.41, 5.74) is 1.03. The van der Waals surface area contributed by atoms with Crippen molar-refractivity contribution in [1.29, 1.82) is 0 Å². The lowest BCUT2D eigenvalue weighted by atomic mass is 10.1. The smallest absolute Gasteiger partial charge is 0.266 e. The van der Waals surface area contributed by atoms with E-state index in [1.165, 1.54) is 0 Å². The van der Waals surface area contributed by atoms with Gasteiger partial charge in [0.2, 0.25) is 0 Å². The van der Waals surface area contributed by atoms with E-state index in [-0.39, 0.29) is 16.2 Å². The summed E-state index contributed by atoms with van der Waals surface area (Å²) in [5, 5.41) is 0. The molecule has 1 rings (SSSR count). The lowest BCUT2D eigenvalue weighted by Gasteiger charge is -2.22. The van der Waals surface area contributed by atoms with Gasteiger partial charge in [-0.15, -0.1) is 0 Å². The second-order valence-electron chi connectivity index (χ2n) is 5.20. The molecule has 0 unspecified atom stereocenters. The summed E-state index contributed by atoms with van der Waals surface area (Å²) in [7, 11) is -0.0900. The average molecular weight is 335 g/mol. The summed E-state index contributed by atoms with van der Waals surface area (Å²) in [6.45, 7) is 6.46. The number of hydrogen-bond acceptors (Lipinski definition) is 5. The van der Waals surface area contributed by atoms with Crippen LogP contribution in [-0.2, 0) is 14.3 Å². The van der Waals surface area contributed by atoms with Crippen LogP contribution >= 0.6 is 21.6 Å². The maximum atomic E-state index is 12.0. The van der Waals surface area contributed by atoms with Gasteiger partial charge >= 0.3 is 0 Å². The molecule has 0 N–H and O–H groups in total. The Bertz CT molecular complexity index is 507. The van der Waals surface area contributed by atoms with Crippen LogP contribution in [0.4, 0.5) is 0 Å². The van der Waals surface area contributed by atoms with E-state index in [9.17, 15) is 8.42 Å². The highest BCUT2D eigenvalue weighted by Gasteiger charge is 2.19. The number of benzene rings is 1. The normalized spacial score (nSPS) is 12.6. The molecule has 0 saturated carbocycles. The van der Waals surface area contributed by atoms with Crippen molar-refractivity contribution in [1.82, 2.24) is 0 Å². The van der Waals surface area contributed by atoms with E-state index in [4.69, 9.17) is 4.18 Å². The lowest BCUT2D eigenvalue weighted by Crippen LogP contribution is -2.15. The number of hydrogen-bond donors (Lipinski definition) is 0. The second kappa shape index (κ2) is 7.73. The maximum absolute atomic E-state index is 12.0. The zero-order chi connectivity index (χ0) is 15.2. The third-order valence-corrected chi connectivity index (χ3v) is 6.78. The Balaban J connectivity index is 2.47. The first-order valence-corrected chi connectivity index (χ1v) is 10.4. The molecule has 0 bridgehead atoms. The van der Waals surface area contributed by atoms with Crippen LogP contribution in [-0.4, -0.2) is 26.0 Å². The summed E-state index contributed by atoms with van der Waals surface area (Å²) < 4.78 is 29.1. The van der Waals surface area contributed by atoms with Gasteiger partial charge in [-0.2, -0.15) is 8.42 Å². The summed E-state index contributed by atoms with van der Waals surface area (Å²) in [4.78, 5) is 0.223. The van der Waals surface area contributed by atoms with Crippen LogP contribution < -0.4 is 0 Å². The summed E-state index contributed by atoms with van der Waals surface area (Å²) in [6.07, 6.45) is 3.69. The predicted molar refractivity (Wildman–Crippen MR) is 88.7 cm³/mol. The van der Waals surface area contributed by atoms with Crippen molar-refractivity contribution >= 4 is 31.7 Å². The molecule has 0 aromatic heterocycles. The Morgan fingerprint density at radius 2 is 1.80 bits per heavy atom. The zero-order valence-corrected chi connectivity index (χ0v) is 14.8. The van der Waals surface area contributed by atoms with Gasteiger partial charge in [-0.25, -0.2) is 0 Å². The summed E-state index contributed by atoms with van der Waals surface area (Å²) in [5.74, 6) is 0. The Kier molecular flexibility index (Phi) is 6.91. The first-order chi connectivity index (χ1) is 9.27.